The van der Waals surface area contributed by atoms with Crippen LogP contribution >= 0.6 is 0 Å². The van der Waals surface area contributed by atoms with Crippen molar-refractivity contribution >= 4 is 22.4 Å². The van der Waals surface area contributed by atoms with E-state index in [9.17, 15) is 4.79 Å². The first-order chi connectivity index (χ1) is 13.8. The van der Waals surface area contributed by atoms with E-state index in [1.807, 2.05) is 67.0 Å². The number of pyridine rings is 1. The third-order valence-electron chi connectivity index (χ3n) is 5.26. The summed E-state index contributed by atoms with van der Waals surface area (Å²) in [7, 11) is 0. The molecule has 1 amide bonds. The molecule has 0 saturated carbocycles. The Labute approximate surface area is 163 Å². The van der Waals surface area contributed by atoms with Crippen molar-refractivity contribution < 1.29 is 4.79 Å². The Balaban J connectivity index is 1.38. The van der Waals surface area contributed by atoms with Gasteiger partial charge in [-0.25, -0.2) is 0 Å². The second-order valence-corrected chi connectivity index (χ2v) is 6.99. The molecule has 0 spiro atoms. The van der Waals surface area contributed by atoms with Crippen molar-refractivity contribution in [3.05, 3.63) is 96.3 Å². The first-order valence-electron chi connectivity index (χ1n) is 9.35. The molecule has 4 nitrogen and oxygen atoms in total. The lowest BCUT2D eigenvalue weighted by Gasteiger charge is -2.13. The predicted molar refractivity (Wildman–Crippen MR) is 112 cm³/mol. The van der Waals surface area contributed by atoms with Crippen LogP contribution in [-0.2, 0) is 11.3 Å². The van der Waals surface area contributed by atoms with Crippen LogP contribution in [0.4, 0.5) is 5.69 Å². The van der Waals surface area contributed by atoms with E-state index in [1.165, 1.54) is 10.9 Å². The maximum atomic E-state index is 12.7. The van der Waals surface area contributed by atoms with E-state index < -0.39 is 0 Å². The lowest BCUT2D eigenvalue weighted by atomic mass is 10.0. The summed E-state index contributed by atoms with van der Waals surface area (Å²) in [6, 6.07) is 23.9. The first kappa shape index (κ1) is 16.7. The first-order valence-corrected chi connectivity index (χ1v) is 9.35. The summed E-state index contributed by atoms with van der Waals surface area (Å²) in [4.78, 5) is 17.1. The molecule has 0 aliphatic carbocycles. The van der Waals surface area contributed by atoms with Crippen LogP contribution in [0.5, 0.6) is 0 Å². The molecule has 136 valence electrons. The second kappa shape index (κ2) is 6.91. The fourth-order valence-corrected chi connectivity index (χ4v) is 3.83. The van der Waals surface area contributed by atoms with E-state index in [0.717, 1.165) is 34.3 Å². The summed E-state index contributed by atoms with van der Waals surface area (Å²) < 4.78 is 0. The topological polar surface area (TPSA) is 54.0 Å². The van der Waals surface area contributed by atoms with E-state index in [1.54, 1.807) is 0 Å². The molecule has 1 aromatic heterocycles. The van der Waals surface area contributed by atoms with Crippen LogP contribution < -0.4 is 10.6 Å². The second-order valence-electron chi connectivity index (χ2n) is 6.99. The molecule has 0 bridgehead atoms. The Morgan fingerprint density at radius 2 is 1.71 bits per heavy atom. The molecular weight excluding hydrogens is 346 g/mol. The van der Waals surface area contributed by atoms with Gasteiger partial charge >= 0.3 is 0 Å². The molecule has 5 rings (SSSR count). The number of aromatic nitrogens is 1. The molecule has 1 aliphatic heterocycles. The van der Waals surface area contributed by atoms with Crippen molar-refractivity contribution in [3.8, 4) is 11.1 Å². The summed E-state index contributed by atoms with van der Waals surface area (Å²) in [5, 5.41) is 8.58. The highest BCUT2D eigenvalue weighted by atomic mass is 16.2. The number of carbonyl (C=O) groups excluding carboxylic acids is 1. The van der Waals surface area contributed by atoms with Gasteiger partial charge in [0.25, 0.3) is 0 Å². The van der Waals surface area contributed by atoms with Crippen molar-refractivity contribution in [2.45, 2.75) is 12.6 Å². The maximum Gasteiger partial charge on any atom is 0.246 e. The van der Waals surface area contributed by atoms with Gasteiger partial charge in [0.15, 0.2) is 0 Å². The number of benzene rings is 3. The molecule has 1 atom stereocenters. The summed E-state index contributed by atoms with van der Waals surface area (Å²) in [5.74, 6) is -0.0375. The van der Waals surface area contributed by atoms with Gasteiger partial charge in [-0.1, -0.05) is 60.7 Å². The molecule has 1 unspecified atom stereocenters. The van der Waals surface area contributed by atoms with E-state index in [-0.39, 0.29) is 11.9 Å². The van der Waals surface area contributed by atoms with E-state index in [4.69, 9.17) is 0 Å². The zero-order valence-electron chi connectivity index (χ0n) is 15.2. The van der Waals surface area contributed by atoms with Crippen molar-refractivity contribution in [1.82, 2.24) is 10.3 Å². The monoisotopic (exact) mass is 365 g/mol. The summed E-state index contributed by atoms with van der Waals surface area (Å²) >= 11 is 0. The zero-order valence-corrected chi connectivity index (χ0v) is 15.2. The van der Waals surface area contributed by atoms with E-state index >= 15 is 0 Å². The highest BCUT2D eigenvalue weighted by Gasteiger charge is 2.27. The van der Waals surface area contributed by atoms with Gasteiger partial charge in [-0.05, 0) is 34.2 Å². The van der Waals surface area contributed by atoms with Crippen LogP contribution in [0, 0.1) is 0 Å². The van der Waals surface area contributed by atoms with Crippen LogP contribution in [-0.4, -0.2) is 10.9 Å². The van der Waals surface area contributed by atoms with Crippen LogP contribution in [0.2, 0.25) is 0 Å². The number of hydrogen-bond acceptors (Lipinski definition) is 3. The minimum Gasteiger partial charge on any atom is -0.324 e. The Bertz CT molecular complexity index is 1160. The largest absolute Gasteiger partial charge is 0.324 e. The third kappa shape index (κ3) is 2.94. The molecule has 0 saturated heterocycles. The molecule has 4 heteroatoms. The van der Waals surface area contributed by atoms with Gasteiger partial charge in [0.05, 0.1) is 0 Å². The Kier molecular flexibility index (Phi) is 4.11. The van der Waals surface area contributed by atoms with Gasteiger partial charge in [0, 0.05) is 35.6 Å². The van der Waals surface area contributed by atoms with Gasteiger partial charge in [-0.2, -0.15) is 0 Å². The fraction of sp³-hybridized carbons (Fsp3) is 0.0833. The highest BCUT2D eigenvalue weighted by molar-refractivity contribution is 5.98. The molecular formula is C24H19N3O. The molecule has 0 fully saturated rings. The number of anilines is 1. The highest BCUT2D eigenvalue weighted by Crippen LogP contribution is 2.29. The predicted octanol–water partition coefficient (Wildman–Crippen LogP) is 4.68. The molecule has 1 aliphatic rings. The average Bonchev–Trinajstić information content (AvgIpc) is 3.18. The Morgan fingerprint density at radius 3 is 2.61 bits per heavy atom. The fourth-order valence-electron chi connectivity index (χ4n) is 3.83. The van der Waals surface area contributed by atoms with Crippen LogP contribution in [0.15, 0.2) is 85.2 Å². The Hall–Kier alpha value is -3.50. The number of nitrogens with zero attached hydrogens (tertiary/aromatic N) is 1. The standard InChI is InChI=1S/C24H19N3O/c28-24(23-21-8-4-2-6-18(21)14-26-23)27-19-11-9-16(10-12-19)22-15-25-13-17-5-1-3-7-20(17)22/h1-13,15,23,26H,14H2,(H,27,28). The van der Waals surface area contributed by atoms with Crippen molar-refractivity contribution in [2.75, 3.05) is 5.32 Å². The summed E-state index contributed by atoms with van der Waals surface area (Å²) in [6.07, 6.45) is 3.76. The number of fused-ring (bicyclic) bond motifs is 2. The zero-order chi connectivity index (χ0) is 18.9. The van der Waals surface area contributed by atoms with Gasteiger partial charge in [-0.15, -0.1) is 0 Å². The SMILES string of the molecule is O=C(Nc1ccc(-c2cncc3ccccc23)cc1)C1NCc2ccccc21. The molecule has 3 aromatic carbocycles. The van der Waals surface area contributed by atoms with E-state index in [2.05, 4.69) is 33.8 Å². The average molecular weight is 365 g/mol. The van der Waals surface area contributed by atoms with Crippen LogP contribution in [0.1, 0.15) is 17.2 Å². The van der Waals surface area contributed by atoms with Crippen molar-refractivity contribution in [1.29, 1.82) is 0 Å². The summed E-state index contributed by atoms with van der Waals surface area (Å²) in [5.41, 5.74) is 5.18. The minimum atomic E-state index is -0.307. The maximum absolute atomic E-state index is 12.7. The van der Waals surface area contributed by atoms with Crippen molar-refractivity contribution in [2.24, 2.45) is 0 Å². The Morgan fingerprint density at radius 1 is 0.929 bits per heavy atom. The third-order valence-corrected chi connectivity index (χ3v) is 5.26. The number of carbonyl (C=O) groups is 1. The van der Waals surface area contributed by atoms with Gasteiger partial charge in [-0.3, -0.25) is 15.1 Å². The van der Waals surface area contributed by atoms with E-state index in [0.29, 0.717) is 0 Å². The van der Waals surface area contributed by atoms with Gasteiger partial charge in [0.1, 0.15) is 6.04 Å². The number of hydrogen-bond donors (Lipinski definition) is 2. The lowest BCUT2D eigenvalue weighted by Crippen LogP contribution is -2.27. The molecule has 4 aromatic rings. The minimum absolute atomic E-state index is 0.0375. The van der Waals surface area contributed by atoms with Gasteiger partial charge in [0.2, 0.25) is 5.91 Å². The number of amides is 1. The number of nitrogens with one attached hydrogen (secondary N) is 2. The summed E-state index contributed by atoms with van der Waals surface area (Å²) in [6.45, 7) is 0.723. The molecule has 2 heterocycles. The van der Waals surface area contributed by atoms with Crippen molar-refractivity contribution in [3.63, 3.8) is 0 Å². The van der Waals surface area contributed by atoms with Crippen LogP contribution in [0.3, 0.4) is 0 Å². The molecule has 2 N–H and O–H groups in total. The normalized spacial score (nSPS) is 15.4. The van der Waals surface area contributed by atoms with Gasteiger partial charge < -0.3 is 5.32 Å². The van der Waals surface area contributed by atoms with Crippen LogP contribution in [0.25, 0.3) is 21.9 Å². The molecule has 0 radical (unpaired) electrons. The quantitative estimate of drug-likeness (QED) is 0.554. The lowest BCUT2D eigenvalue weighted by molar-refractivity contribution is -0.118. The number of rotatable bonds is 3. The smallest absolute Gasteiger partial charge is 0.246 e. The molecule has 28 heavy (non-hydrogen) atoms.